The van der Waals surface area contributed by atoms with Crippen LogP contribution in [-0.4, -0.2) is 30.8 Å². The second-order valence-electron chi connectivity index (χ2n) is 5.93. The maximum Gasteiger partial charge on any atom is 0.278 e. The number of rotatable bonds is 5. The van der Waals surface area contributed by atoms with E-state index in [0.29, 0.717) is 17.1 Å². The fraction of sp³-hybridized carbons (Fsp3) is 0.0526. The Morgan fingerprint density at radius 1 is 1.14 bits per heavy atom. The molecule has 0 bridgehead atoms. The van der Waals surface area contributed by atoms with Crippen molar-refractivity contribution in [3.63, 3.8) is 0 Å². The monoisotopic (exact) mass is 392 g/mol. The molecule has 1 aromatic carbocycles. The van der Waals surface area contributed by atoms with E-state index in [-0.39, 0.29) is 18.1 Å². The zero-order chi connectivity index (χ0) is 20.2. The molecule has 4 aromatic rings. The van der Waals surface area contributed by atoms with Gasteiger partial charge in [0.25, 0.3) is 11.4 Å². The number of nitrogens with zero attached hydrogens (tertiary/aromatic N) is 5. The minimum absolute atomic E-state index is 0.0940. The van der Waals surface area contributed by atoms with Gasteiger partial charge in [-0.2, -0.15) is 10.1 Å². The summed E-state index contributed by atoms with van der Waals surface area (Å²) in [5, 5.41) is 10.6. The topological polar surface area (TPSA) is 116 Å². The van der Waals surface area contributed by atoms with Crippen molar-refractivity contribution in [3.05, 3.63) is 77.1 Å². The van der Waals surface area contributed by atoms with E-state index in [4.69, 9.17) is 4.52 Å². The fourth-order valence-electron chi connectivity index (χ4n) is 2.49. The molecule has 1 amide bonds. The molecular formula is C19H13FN6O3. The van der Waals surface area contributed by atoms with E-state index in [1.165, 1.54) is 36.4 Å². The molecule has 3 aromatic heterocycles. The number of benzene rings is 1. The molecule has 0 saturated carbocycles. The highest BCUT2D eigenvalue weighted by molar-refractivity contribution is 5.90. The molecule has 0 saturated heterocycles. The Balaban J connectivity index is 1.53. The van der Waals surface area contributed by atoms with Gasteiger partial charge in [-0.25, -0.2) is 9.07 Å². The summed E-state index contributed by atoms with van der Waals surface area (Å²) in [4.78, 5) is 32.5. The number of hydrogen-bond acceptors (Lipinski definition) is 7. The van der Waals surface area contributed by atoms with Crippen molar-refractivity contribution >= 4 is 11.6 Å². The van der Waals surface area contributed by atoms with Gasteiger partial charge in [0, 0.05) is 29.7 Å². The molecule has 0 aliphatic heterocycles. The van der Waals surface area contributed by atoms with Crippen LogP contribution in [0.1, 0.15) is 0 Å². The third-order valence-electron chi connectivity index (χ3n) is 3.85. The SMILES string of the molecule is O=C(Cn1nc(-c2nc(-c3cccnc3)no2)ccc1=O)Nc1ccc(F)cc1. The number of aromatic nitrogens is 5. The highest BCUT2D eigenvalue weighted by Crippen LogP contribution is 2.19. The maximum absolute atomic E-state index is 12.9. The molecule has 1 N–H and O–H groups in total. The molecule has 0 fully saturated rings. The first kappa shape index (κ1) is 18.2. The third kappa shape index (κ3) is 4.21. The molecule has 0 aliphatic carbocycles. The summed E-state index contributed by atoms with van der Waals surface area (Å²) in [5.74, 6) is -0.498. The summed E-state index contributed by atoms with van der Waals surface area (Å²) in [7, 11) is 0. The molecule has 0 unspecified atom stereocenters. The van der Waals surface area contributed by atoms with Gasteiger partial charge in [0.15, 0.2) is 0 Å². The first-order valence-electron chi connectivity index (χ1n) is 8.46. The summed E-state index contributed by atoms with van der Waals surface area (Å²) >= 11 is 0. The Morgan fingerprint density at radius 3 is 2.72 bits per heavy atom. The van der Waals surface area contributed by atoms with Crippen LogP contribution in [-0.2, 0) is 11.3 Å². The van der Waals surface area contributed by atoms with Crippen molar-refractivity contribution in [2.24, 2.45) is 0 Å². The van der Waals surface area contributed by atoms with Crippen LogP contribution in [0.15, 0.2) is 70.2 Å². The van der Waals surface area contributed by atoms with E-state index >= 15 is 0 Å². The number of carbonyl (C=O) groups is 1. The van der Waals surface area contributed by atoms with Crippen LogP contribution in [0.2, 0.25) is 0 Å². The number of anilines is 1. The lowest BCUT2D eigenvalue weighted by Gasteiger charge is -2.07. The van der Waals surface area contributed by atoms with Crippen LogP contribution in [0, 0.1) is 5.82 Å². The molecule has 4 rings (SSSR count). The maximum atomic E-state index is 12.9. The molecule has 0 spiro atoms. The van der Waals surface area contributed by atoms with Gasteiger partial charge in [-0.15, -0.1) is 0 Å². The van der Waals surface area contributed by atoms with E-state index in [9.17, 15) is 14.0 Å². The Kier molecular flexibility index (Phi) is 4.89. The van der Waals surface area contributed by atoms with Crippen molar-refractivity contribution in [2.75, 3.05) is 5.32 Å². The third-order valence-corrected chi connectivity index (χ3v) is 3.85. The van der Waals surface area contributed by atoms with E-state index < -0.39 is 17.3 Å². The molecular weight excluding hydrogens is 379 g/mol. The molecule has 0 atom stereocenters. The number of hydrogen-bond donors (Lipinski definition) is 1. The quantitative estimate of drug-likeness (QED) is 0.553. The van der Waals surface area contributed by atoms with Gasteiger partial charge >= 0.3 is 0 Å². The van der Waals surface area contributed by atoms with Crippen molar-refractivity contribution in [2.45, 2.75) is 6.54 Å². The standard InChI is InChI=1S/C19H13FN6O3/c20-13-3-5-14(6-4-13)22-16(27)11-26-17(28)8-7-15(24-26)19-23-18(25-29-19)12-2-1-9-21-10-12/h1-10H,11H2,(H,22,27). The molecule has 10 heteroatoms. The predicted octanol–water partition coefficient (Wildman–Crippen LogP) is 2.13. The van der Waals surface area contributed by atoms with E-state index in [0.717, 1.165) is 4.68 Å². The lowest BCUT2D eigenvalue weighted by Crippen LogP contribution is -2.29. The number of amides is 1. The summed E-state index contributed by atoms with van der Waals surface area (Å²) in [6.45, 7) is -0.340. The van der Waals surface area contributed by atoms with Crippen LogP contribution in [0.3, 0.4) is 0 Å². The summed E-state index contributed by atoms with van der Waals surface area (Å²) in [6.07, 6.45) is 3.21. The molecule has 29 heavy (non-hydrogen) atoms. The normalized spacial score (nSPS) is 10.7. The number of pyridine rings is 1. The Morgan fingerprint density at radius 2 is 1.97 bits per heavy atom. The smallest absolute Gasteiger partial charge is 0.278 e. The molecule has 3 heterocycles. The fourth-order valence-corrected chi connectivity index (χ4v) is 2.49. The summed E-state index contributed by atoms with van der Waals surface area (Å²) in [5.41, 5.74) is 0.824. The summed E-state index contributed by atoms with van der Waals surface area (Å²) in [6, 6.07) is 11.5. The van der Waals surface area contributed by atoms with Crippen LogP contribution in [0.4, 0.5) is 10.1 Å². The van der Waals surface area contributed by atoms with Gasteiger partial charge in [-0.3, -0.25) is 14.6 Å². The van der Waals surface area contributed by atoms with Crippen LogP contribution < -0.4 is 10.9 Å². The molecule has 9 nitrogen and oxygen atoms in total. The Labute approximate surface area is 162 Å². The van der Waals surface area contributed by atoms with Crippen molar-refractivity contribution in [1.29, 1.82) is 0 Å². The first-order chi connectivity index (χ1) is 14.1. The molecule has 0 radical (unpaired) electrons. The lowest BCUT2D eigenvalue weighted by atomic mass is 10.3. The highest BCUT2D eigenvalue weighted by Gasteiger charge is 2.14. The molecule has 144 valence electrons. The highest BCUT2D eigenvalue weighted by atomic mass is 19.1. The van der Waals surface area contributed by atoms with Crippen molar-refractivity contribution in [1.82, 2.24) is 24.9 Å². The van der Waals surface area contributed by atoms with E-state index in [1.807, 2.05) is 0 Å². The number of carbonyl (C=O) groups excluding carboxylic acids is 1. The second-order valence-corrected chi connectivity index (χ2v) is 5.93. The Hall–Kier alpha value is -4.21. The van der Waals surface area contributed by atoms with E-state index in [2.05, 4.69) is 25.5 Å². The van der Waals surface area contributed by atoms with Gasteiger partial charge in [-0.1, -0.05) is 5.16 Å². The van der Waals surface area contributed by atoms with Gasteiger partial charge in [0.05, 0.1) is 0 Å². The second kappa shape index (κ2) is 7.80. The predicted molar refractivity (Wildman–Crippen MR) is 100 cm³/mol. The largest absolute Gasteiger partial charge is 0.332 e. The molecule has 0 aliphatic rings. The van der Waals surface area contributed by atoms with Gasteiger partial charge in [0.2, 0.25) is 11.7 Å². The zero-order valence-corrected chi connectivity index (χ0v) is 14.8. The summed E-state index contributed by atoms with van der Waals surface area (Å²) < 4.78 is 19.1. The van der Waals surface area contributed by atoms with E-state index in [1.54, 1.807) is 24.5 Å². The van der Waals surface area contributed by atoms with Gasteiger partial charge < -0.3 is 9.84 Å². The zero-order valence-electron chi connectivity index (χ0n) is 14.8. The Bertz CT molecular complexity index is 1200. The van der Waals surface area contributed by atoms with Crippen LogP contribution >= 0.6 is 0 Å². The minimum Gasteiger partial charge on any atom is -0.332 e. The van der Waals surface area contributed by atoms with Crippen LogP contribution in [0.5, 0.6) is 0 Å². The average Bonchev–Trinajstić information content (AvgIpc) is 3.22. The average molecular weight is 392 g/mol. The first-order valence-corrected chi connectivity index (χ1v) is 8.46. The number of nitrogens with one attached hydrogen (secondary N) is 1. The minimum atomic E-state index is -0.495. The van der Waals surface area contributed by atoms with Crippen molar-refractivity contribution in [3.8, 4) is 23.0 Å². The van der Waals surface area contributed by atoms with Crippen LogP contribution in [0.25, 0.3) is 23.0 Å². The van der Waals surface area contributed by atoms with Crippen molar-refractivity contribution < 1.29 is 13.7 Å². The van der Waals surface area contributed by atoms with Gasteiger partial charge in [-0.05, 0) is 42.5 Å². The lowest BCUT2D eigenvalue weighted by molar-refractivity contribution is -0.117. The van der Waals surface area contributed by atoms with Gasteiger partial charge in [0.1, 0.15) is 18.1 Å². The number of halogens is 1.